The van der Waals surface area contributed by atoms with Crippen LogP contribution in [0.15, 0.2) is 4.79 Å². The van der Waals surface area contributed by atoms with Gasteiger partial charge in [0.15, 0.2) is 5.69 Å². The number of hydrogen-bond acceptors (Lipinski definition) is 5. The molecule has 0 aromatic carbocycles. The van der Waals surface area contributed by atoms with Crippen LogP contribution in [0.2, 0.25) is 0 Å². The molecule has 100 valence electrons. The van der Waals surface area contributed by atoms with Gasteiger partial charge in [-0.2, -0.15) is 0 Å². The van der Waals surface area contributed by atoms with Crippen LogP contribution in [-0.4, -0.2) is 32.8 Å². The molecular weight excluding hydrogens is 238 g/mol. The van der Waals surface area contributed by atoms with Crippen LogP contribution in [0.5, 0.6) is 5.75 Å². The molecule has 1 aromatic rings. The van der Waals surface area contributed by atoms with Crippen LogP contribution < -0.4 is 10.9 Å². The van der Waals surface area contributed by atoms with Crippen molar-refractivity contribution in [3.8, 4) is 5.75 Å². The molecule has 18 heavy (non-hydrogen) atoms. The van der Waals surface area contributed by atoms with Crippen molar-refractivity contribution >= 4 is 5.91 Å². The number of carbonyl (C=O) groups is 1. The van der Waals surface area contributed by atoms with E-state index in [1.54, 1.807) is 0 Å². The average Bonchev–Trinajstić information content (AvgIpc) is 2.32. The second-order valence-electron chi connectivity index (χ2n) is 4.00. The highest BCUT2D eigenvalue weighted by molar-refractivity contribution is 5.94. The standard InChI is InChI=1S/C11H17N3O4/c1-3-4-6(2)9-13-7(10(17)12-5-15)8(16)11(18)14-9/h6,15-16H,3-5H2,1-2H3,(H,12,17)(H,13,14,18). The van der Waals surface area contributed by atoms with Crippen LogP contribution in [0.1, 0.15) is 48.9 Å². The van der Waals surface area contributed by atoms with Crippen LogP contribution in [0, 0.1) is 0 Å². The zero-order valence-corrected chi connectivity index (χ0v) is 10.4. The maximum absolute atomic E-state index is 11.5. The fourth-order valence-electron chi connectivity index (χ4n) is 1.60. The predicted molar refractivity (Wildman–Crippen MR) is 64.4 cm³/mol. The van der Waals surface area contributed by atoms with E-state index in [1.807, 2.05) is 13.8 Å². The molecule has 0 aliphatic rings. The smallest absolute Gasteiger partial charge is 0.293 e. The van der Waals surface area contributed by atoms with Gasteiger partial charge in [-0.1, -0.05) is 20.3 Å². The molecule has 1 amide bonds. The van der Waals surface area contributed by atoms with Crippen molar-refractivity contribution < 1.29 is 15.0 Å². The van der Waals surface area contributed by atoms with E-state index < -0.39 is 23.9 Å². The molecule has 0 spiro atoms. The van der Waals surface area contributed by atoms with Crippen LogP contribution in [0.25, 0.3) is 0 Å². The van der Waals surface area contributed by atoms with Crippen LogP contribution in [-0.2, 0) is 0 Å². The normalized spacial score (nSPS) is 12.2. The van der Waals surface area contributed by atoms with E-state index in [0.29, 0.717) is 5.82 Å². The molecule has 0 saturated carbocycles. The Morgan fingerprint density at radius 3 is 2.78 bits per heavy atom. The number of H-pyrrole nitrogens is 1. The lowest BCUT2D eigenvalue weighted by Gasteiger charge is -2.11. The molecule has 0 fully saturated rings. The van der Waals surface area contributed by atoms with Gasteiger partial charge in [0.1, 0.15) is 12.6 Å². The van der Waals surface area contributed by atoms with E-state index in [9.17, 15) is 14.7 Å². The number of nitrogens with zero attached hydrogens (tertiary/aromatic N) is 1. The molecule has 0 bridgehead atoms. The zero-order chi connectivity index (χ0) is 13.7. The van der Waals surface area contributed by atoms with E-state index in [0.717, 1.165) is 12.8 Å². The fraction of sp³-hybridized carbons (Fsp3) is 0.545. The minimum Gasteiger partial charge on any atom is -0.501 e. The Kier molecular flexibility index (Phi) is 4.85. The third-order valence-corrected chi connectivity index (χ3v) is 2.56. The maximum atomic E-state index is 11.5. The molecule has 1 aromatic heterocycles. The number of amides is 1. The Balaban J connectivity index is 3.18. The second kappa shape index (κ2) is 6.15. The lowest BCUT2D eigenvalue weighted by Crippen LogP contribution is -2.28. The van der Waals surface area contributed by atoms with Crippen molar-refractivity contribution in [3.63, 3.8) is 0 Å². The van der Waals surface area contributed by atoms with Gasteiger partial charge in [-0.25, -0.2) is 4.98 Å². The van der Waals surface area contributed by atoms with E-state index >= 15 is 0 Å². The number of carbonyl (C=O) groups excluding carboxylic acids is 1. The number of hydrogen-bond donors (Lipinski definition) is 4. The average molecular weight is 255 g/mol. The van der Waals surface area contributed by atoms with Gasteiger partial charge in [0.25, 0.3) is 11.5 Å². The molecule has 0 saturated heterocycles. The number of aromatic hydroxyl groups is 1. The summed E-state index contributed by atoms with van der Waals surface area (Å²) >= 11 is 0. The van der Waals surface area contributed by atoms with Gasteiger partial charge in [0, 0.05) is 5.92 Å². The minimum atomic E-state index is -0.786. The minimum absolute atomic E-state index is 0.0241. The Morgan fingerprint density at radius 2 is 2.22 bits per heavy atom. The van der Waals surface area contributed by atoms with Gasteiger partial charge in [-0.3, -0.25) is 9.59 Å². The largest absolute Gasteiger partial charge is 0.501 e. The van der Waals surface area contributed by atoms with Crippen LogP contribution >= 0.6 is 0 Å². The molecular formula is C11H17N3O4. The molecule has 7 nitrogen and oxygen atoms in total. The highest BCUT2D eigenvalue weighted by atomic mass is 16.3. The first-order valence-electron chi connectivity index (χ1n) is 5.73. The van der Waals surface area contributed by atoms with E-state index in [-0.39, 0.29) is 11.6 Å². The van der Waals surface area contributed by atoms with Gasteiger partial charge < -0.3 is 20.5 Å². The molecule has 1 unspecified atom stereocenters. The molecule has 0 aliphatic heterocycles. The van der Waals surface area contributed by atoms with Gasteiger partial charge in [0.05, 0.1) is 0 Å². The highest BCUT2D eigenvalue weighted by Gasteiger charge is 2.19. The summed E-state index contributed by atoms with van der Waals surface area (Å²) in [5.41, 5.74) is -1.13. The Labute approximate surface area is 104 Å². The summed E-state index contributed by atoms with van der Waals surface area (Å²) in [7, 11) is 0. The second-order valence-corrected chi connectivity index (χ2v) is 4.00. The predicted octanol–water partition coefficient (Wildman–Crippen LogP) is 0.0587. The van der Waals surface area contributed by atoms with E-state index in [2.05, 4.69) is 15.3 Å². The summed E-state index contributed by atoms with van der Waals surface area (Å²) in [5.74, 6) is -1.20. The lowest BCUT2D eigenvalue weighted by molar-refractivity contribution is 0.0901. The van der Waals surface area contributed by atoms with Crippen LogP contribution in [0.4, 0.5) is 0 Å². The van der Waals surface area contributed by atoms with Crippen LogP contribution in [0.3, 0.4) is 0 Å². The Morgan fingerprint density at radius 1 is 1.56 bits per heavy atom. The quantitative estimate of drug-likeness (QED) is 0.555. The number of aliphatic hydroxyl groups excluding tert-OH is 1. The summed E-state index contributed by atoms with van der Waals surface area (Å²) < 4.78 is 0. The summed E-state index contributed by atoms with van der Waals surface area (Å²) in [6, 6.07) is 0. The first kappa shape index (κ1) is 14.2. The Bertz CT molecular complexity index is 484. The van der Waals surface area contributed by atoms with Crippen molar-refractivity contribution in [2.75, 3.05) is 6.73 Å². The lowest BCUT2D eigenvalue weighted by atomic mass is 10.1. The molecule has 1 rings (SSSR count). The highest BCUT2D eigenvalue weighted by Crippen LogP contribution is 2.18. The van der Waals surface area contributed by atoms with Crippen molar-refractivity contribution in [2.24, 2.45) is 0 Å². The maximum Gasteiger partial charge on any atom is 0.293 e. The number of aromatic amines is 1. The van der Waals surface area contributed by atoms with Gasteiger partial charge in [0.2, 0.25) is 5.75 Å². The van der Waals surface area contributed by atoms with Gasteiger partial charge >= 0.3 is 0 Å². The van der Waals surface area contributed by atoms with Gasteiger partial charge in [-0.05, 0) is 6.42 Å². The molecule has 0 aliphatic carbocycles. The summed E-state index contributed by atoms with van der Waals surface area (Å²) in [6.45, 7) is 3.27. The van der Waals surface area contributed by atoms with Crippen molar-refractivity contribution in [1.82, 2.24) is 15.3 Å². The summed E-state index contributed by atoms with van der Waals surface area (Å²) in [4.78, 5) is 29.4. The molecule has 4 N–H and O–H groups in total. The van der Waals surface area contributed by atoms with Crippen molar-refractivity contribution in [2.45, 2.75) is 32.6 Å². The van der Waals surface area contributed by atoms with E-state index in [1.165, 1.54) is 0 Å². The first-order chi connectivity index (χ1) is 8.51. The molecule has 7 heteroatoms. The molecule has 1 atom stereocenters. The SMILES string of the molecule is CCCC(C)c1nc(C(=O)NCO)c(O)c(=O)[nH]1. The number of aliphatic hydroxyl groups is 1. The first-order valence-corrected chi connectivity index (χ1v) is 5.73. The van der Waals surface area contributed by atoms with Gasteiger partial charge in [-0.15, -0.1) is 0 Å². The monoisotopic (exact) mass is 255 g/mol. The topological polar surface area (TPSA) is 115 Å². The fourth-order valence-corrected chi connectivity index (χ4v) is 1.60. The number of nitrogens with one attached hydrogen (secondary N) is 2. The summed E-state index contributed by atoms with van der Waals surface area (Å²) in [6.07, 6.45) is 1.71. The third-order valence-electron chi connectivity index (χ3n) is 2.56. The summed E-state index contributed by atoms with van der Waals surface area (Å²) in [5, 5.41) is 20.1. The number of rotatable bonds is 5. The molecule has 0 radical (unpaired) electrons. The van der Waals surface area contributed by atoms with Crippen molar-refractivity contribution in [3.05, 3.63) is 21.9 Å². The van der Waals surface area contributed by atoms with E-state index in [4.69, 9.17) is 5.11 Å². The Hall–Kier alpha value is -1.89. The molecule has 1 heterocycles. The zero-order valence-electron chi connectivity index (χ0n) is 10.4. The number of aromatic nitrogens is 2. The van der Waals surface area contributed by atoms with Crippen molar-refractivity contribution in [1.29, 1.82) is 0 Å². The third kappa shape index (κ3) is 3.07.